The normalized spacial score (nSPS) is 12.7. The van der Waals surface area contributed by atoms with Gasteiger partial charge in [0.05, 0.1) is 12.6 Å². The third kappa shape index (κ3) is 4.29. The van der Waals surface area contributed by atoms with Crippen LogP contribution in [-0.4, -0.2) is 19.8 Å². The van der Waals surface area contributed by atoms with E-state index in [1.165, 1.54) is 12.1 Å². The van der Waals surface area contributed by atoms with Crippen LogP contribution >= 0.6 is 0 Å². The molecule has 16 heavy (non-hydrogen) atoms. The maximum Gasteiger partial charge on any atom is 0.123 e. The van der Waals surface area contributed by atoms with Gasteiger partial charge in [-0.3, -0.25) is 0 Å². The SMILES string of the molecule is CCCOCC(NCC)c1ccc(F)cc1. The van der Waals surface area contributed by atoms with Crippen molar-refractivity contribution in [3.63, 3.8) is 0 Å². The summed E-state index contributed by atoms with van der Waals surface area (Å²) in [7, 11) is 0. The number of benzene rings is 1. The highest BCUT2D eigenvalue weighted by Gasteiger charge is 2.09. The van der Waals surface area contributed by atoms with Gasteiger partial charge in [-0.2, -0.15) is 0 Å². The van der Waals surface area contributed by atoms with Crippen molar-refractivity contribution in [3.8, 4) is 0 Å². The number of nitrogens with one attached hydrogen (secondary N) is 1. The quantitative estimate of drug-likeness (QED) is 0.720. The summed E-state index contributed by atoms with van der Waals surface area (Å²) in [6.07, 6.45) is 1.02. The Labute approximate surface area is 96.8 Å². The van der Waals surface area contributed by atoms with Crippen molar-refractivity contribution in [2.24, 2.45) is 0 Å². The average molecular weight is 225 g/mol. The summed E-state index contributed by atoms with van der Waals surface area (Å²) in [4.78, 5) is 0. The van der Waals surface area contributed by atoms with E-state index >= 15 is 0 Å². The Morgan fingerprint density at radius 2 is 1.94 bits per heavy atom. The Hall–Kier alpha value is -0.930. The Morgan fingerprint density at radius 1 is 1.25 bits per heavy atom. The van der Waals surface area contributed by atoms with E-state index in [0.29, 0.717) is 6.61 Å². The summed E-state index contributed by atoms with van der Waals surface area (Å²) >= 11 is 0. The standard InChI is InChI=1S/C13H20FNO/c1-3-9-16-10-13(15-4-2)11-5-7-12(14)8-6-11/h5-8,13,15H,3-4,9-10H2,1-2H3. The predicted octanol–water partition coefficient (Wildman–Crippen LogP) is 2.90. The molecule has 0 aliphatic rings. The number of halogens is 1. The fraction of sp³-hybridized carbons (Fsp3) is 0.538. The lowest BCUT2D eigenvalue weighted by molar-refractivity contribution is 0.112. The van der Waals surface area contributed by atoms with Crippen molar-refractivity contribution in [1.29, 1.82) is 0 Å². The van der Waals surface area contributed by atoms with Gasteiger partial charge < -0.3 is 10.1 Å². The molecule has 0 spiro atoms. The molecule has 0 heterocycles. The van der Waals surface area contributed by atoms with Crippen molar-refractivity contribution in [1.82, 2.24) is 5.32 Å². The molecule has 1 N–H and O–H groups in total. The second-order valence-electron chi connectivity index (χ2n) is 3.74. The van der Waals surface area contributed by atoms with Crippen LogP contribution in [0.5, 0.6) is 0 Å². The zero-order valence-electron chi connectivity index (χ0n) is 10.0. The van der Waals surface area contributed by atoms with Gasteiger partial charge in [-0.05, 0) is 30.7 Å². The monoisotopic (exact) mass is 225 g/mol. The fourth-order valence-electron chi connectivity index (χ4n) is 1.56. The summed E-state index contributed by atoms with van der Waals surface area (Å²) in [5.41, 5.74) is 1.07. The topological polar surface area (TPSA) is 21.3 Å². The third-order valence-electron chi connectivity index (χ3n) is 2.36. The molecule has 0 saturated carbocycles. The van der Waals surface area contributed by atoms with E-state index in [4.69, 9.17) is 4.74 Å². The van der Waals surface area contributed by atoms with Crippen molar-refractivity contribution in [3.05, 3.63) is 35.6 Å². The van der Waals surface area contributed by atoms with Crippen LogP contribution < -0.4 is 5.32 Å². The summed E-state index contributed by atoms with van der Waals surface area (Å²) in [5, 5.41) is 3.33. The van der Waals surface area contributed by atoms with Crippen LogP contribution in [0.2, 0.25) is 0 Å². The first kappa shape index (κ1) is 13.1. The molecule has 0 aliphatic carbocycles. The number of rotatable bonds is 7. The second-order valence-corrected chi connectivity index (χ2v) is 3.74. The van der Waals surface area contributed by atoms with Crippen molar-refractivity contribution in [2.45, 2.75) is 26.3 Å². The lowest BCUT2D eigenvalue weighted by Crippen LogP contribution is -2.25. The zero-order chi connectivity index (χ0) is 11.8. The molecule has 0 fully saturated rings. The van der Waals surface area contributed by atoms with E-state index in [1.54, 1.807) is 12.1 Å². The molecule has 0 radical (unpaired) electrons. The molecule has 1 aromatic rings. The molecule has 1 rings (SSSR count). The molecule has 0 saturated heterocycles. The highest BCUT2D eigenvalue weighted by atomic mass is 19.1. The maximum absolute atomic E-state index is 12.8. The minimum absolute atomic E-state index is 0.150. The summed E-state index contributed by atoms with van der Waals surface area (Å²) in [5.74, 6) is -0.200. The Balaban J connectivity index is 2.57. The fourth-order valence-corrected chi connectivity index (χ4v) is 1.56. The number of hydrogen-bond acceptors (Lipinski definition) is 2. The molecule has 0 amide bonds. The molecular weight excluding hydrogens is 205 g/mol. The molecule has 1 aromatic carbocycles. The Kier molecular flexibility index (Phi) is 6.04. The highest BCUT2D eigenvalue weighted by Crippen LogP contribution is 2.14. The smallest absolute Gasteiger partial charge is 0.123 e. The number of hydrogen-bond donors (Lipinski definition) is 1. The molecule has 2 nitrogen and oxygen atoms in total. The lowest BCUT2D eigenvalue weighted by atomic mass is 10.1. The van der Waals surface area contributed by atoms with Crippen LogP contribution in [0.3, 0.4) is 0 Å². The number of ether oxygens (including phenoxy) is 1. The zero-order valence-corrected chi connectivity index (χ0v) is 10.0. The third-order valence-corrected chi connectivity index (χ3v) is 2.36. The minimum Gasteiger partial charge on any atom is -0.379 e. The largest absolute Gasteiger partial charge is 0.379 e. The predicted molar refractivity (Wildman–Crippen MR) is 63.9 cm³/mol. The van der Waals surface area contributed by atoms with Gasteiger partial charge in [0.2, 0.25) is 0 Å². The minimum atomic E-state index is -0.200. The Morgan fingerprint density at radius 3 is 2.50 bits per heavy atom. The van der Waals surface area contributed by atoms with Crippen molar-refractivity contribution >= 4 is 0 Å². The molecule has 0 bridgehead atoms. The molecule has 1 atom stereocenters. The maximum atomic E-state index is 12.8. The first-order valence-electron chi connectivity index (χ1n) is 5.84. The van der Waals surface area contributed by atoms with E-state index in [9.17, 15) is 4.39 Å². The lowest BCUT2D eigenvalue weighted by Gasteiger charge is -2.18. The summed E-state index contributed by atoms with van der Waals surface area (Å²) < 4.78 is 18.3. The van der Waals surface area contributed by atoms with Crippen LogP contribution in [-0.2, 0) is 4.74 Å². The van der Waals surface area contributed by atoms with Gasteiger partial charge in [0.25, 0.3) is 0 Å². The van der Waals surface area contributed by atoms with Gasteiger partial charge in [0.1, 0.15) is 5.82 Å². The van der Waals surface area contributed by atoms with E-state index < -0.39 is 0 Å². The molecule has 90 valence electrons. The first-order valence-corrected chi connectivity index (χ1v) is 5.84. The van der Waals surface area contributed by atoms with Crippen molar-refractivity contribution in [2.75, 3.05) is 19.8 Å². The van der Waals surface area contributed by atoms with Gasteiger partial charge in [0, 0.05) is 6.61 Å². The van der Waals surface area contributed by atoms with E-state index in [-0.39, 0.29) is 11.9 Å². The molecule has 3 heteroatoms. The average Bonchev–Trinajstić information content (AvgIpc) is 2.29. The van der Waals surface area contributed by atoms with Gasteiger partial charge in [-0.25, -0.2) is 4.39 Å². The van der Waals surface area contributed by atoms with Crippen LogP contribution in [0.15, 0.2) is 24.3 Å². The summed E-state index contributed by atoms with van der Waals surface area (Å²) in [6.45, 7) is 6.41. The van der Waals surface area contributed by atoms with E-state index in [2.05, 4.69) is 19.2 Å². The van der Waals surface area contributed by atoms with Crippen LogP contribution in [0.4, 0.5) is 4.39 Å². The molecule has 1 unspecified atom stereocenters. The van der Waals surface area contributed by atoms with Gasteiger partial charge in [-0.1, -0.05) is 26.0 Å². The molecule has 0 aliphatic heterocycles. The van der Waals surface area contributed by atoms with Crippen molar-refractivity contribution < 1.29 is 9.13 Å². The Bertz CT molecular complexity index is 286. The molecular formula is C13H20FNO. The van der Waals surface area contributed by atoms with Crippen LogP contribution in [0.25, 0.3) is 0 Å². The molecule has 0 aromatic heterocycles. The summed E-state index contributed by atoms with van der Waals surface area (Å²) in [6, 6.07) is 6.73. The second kappa shape index (κ2) is 7.36. The van der Waals surface area contributed by atoms with Crippen LogP contribution in [0, 0.1) is 5.82 Å². The van der Waals surface area contributed by atoms with E-state index in [1.807, 2.05) is 0 Å². The van der Waals surface area contributed by atoms with Gasteiger partial charge >= 0.3 is 0 Å². The first-order chi connectivity index (χ1) is 7.77. The van der Waals surface area contributed by atoms with E-state index in [0.717, 1.165) is 25.1 Å². The highest BCUT2D eigenvalue weighted by molar-refractivity contribution is 5.19. The van der Waals surface area contributed by atoms with Crippen LogP contribution in [0.1, 0.15) is 31.9 Å². The van der Waals surface area contributed by atoms with Gasteiger partial charge in [0.15, 0.2) is 0 Å². The van der Waals surface area contributed by atoms with Gasteiger partial charge in [-0.15, -0.1) is 0 Å². The number of likely N-dealkylation sites (N-methyl/N-ethyl adjacent to an activating group) is 1.